The number of hydrogen-bond donors (Lipinski definition) is 2. The zero-order chi connectivity index (χ0) is 11.8. The molecule has 1 unspecified atom stereocenters. The van der Waals surface area contributed by atoms with E-state index in [1.165, 1.54) is 5.56 Å². The number of nitrogens with zero attached hydrogens (tertiary/aromatic N) is 1. The quantitative estimate of drug-likeness (QED) is 0.706. The monoisotopic (exact) mass is 244 g/mol. The van der Waals surface area contributed by atoms with Gasteiger partial charge >= 0.3 is 0 Å². The molecule has 0 radical (unpaired) electrons. The van der Waals surface area contributed by atoms with E-state index >= 15 is 0 Å². The van der Waals surface area contributed by atoms with E-state index in [0.29, 0.717) is 19.7 Å². The van der Waals surface area contributed by atoms with Gasteiger partial charge in [0.1, 0.15) is 0 Å². The molecular formula is C11H20N2O2S. The van der Waals surface area contributed by atoms with E-state index in [1.807, 2.05) is 5.38 Å². The minimum absolute atomic E-state index is 0.143. The van der Waals surface area contributed by atoms with Crippen LogP contribution in [0.1, 0.15) is 11.6 Å². The van der Waals surface area contributed by atoms with Crippen LogP contribution in [0.15, 0.2) is 16.8 Å². The van der Waals surface area contributed by atoms with Crippen molar-refractivity contribution in [2.45, 2.75) is 6.04 Å². The molecule has 0 aliphatic carbocycles. The molecule has 0 spiro atoms. The van der Waals surface area contributed by atoms with Crippen molar-refractivity contribution in [2.24, 2.45) is 5.73 Å². The van der Waals surface area contributed by atoms with Gasteiger partial charge in [-0.15, -0.1) is 0 Å². The summed E-state index contributed by atoms with van der Waals surface area (Å²) in [4.78, 5) is 2.16. The largest absolute Gasteiger partial charge is 0.395 e. The molecule has 1 heterocycles. The standard InChI is InChI=1S/C11H20N2O2S/c1-15-6-4-13(3-5-14)11(8-12)10-2-7-16-9-10/h2,7,9,11,14H,3-6,8,12H2,1H3. The summed E-state index contributed by atoms with van der Waals surface area (Å²) in [7, 11) is 1.68. The van der Waals surface area contributed by atoms with Crippen molar-refractivity contribution in [1.29, 1.82) is 0 Å². The fourth-order valence-corrected chi connectivity index (χ4v) is 2.43. The highest BCUT2D eigenvalue weighted by Crippen LogP contribution is 2.21. The van der Waals surface area contributed by atoms with Gasteiger partial charge in [-0.25, -0.2) is 0 Å². The van der Waals surface area contributed by atoms with E-state index in [9.17, 15) is 0 Å². The summed E-state index contributed by atoms with van der Waals surface area (Å²) in [5.74, 6) is 0. The lowest BCUT2D eigenvalue weighted by Crippen LogP contribution is -2.37. The van der Waals surface area contributed by atoms with Gasteiger partial charge in [-0.3, -0.25) is 4.90 Å². The van der Waals surface area contributed by atoms with E-state index in [-0.39, 0.29) is 12.6 Å². The van der Waals surface area contributed by atoms with Crippen LogP contribution in [-0.4, -0.2) is 50.0 Å². The maximum Gasteiger partial charge on any atom is 0.0589 e. The molecule has 0 saturated carbocycles. The van der Waals surface area contributed by atoms with Gasteiger partial charge in [0.15, 0.2) is 0 Å². The Morgan fingerprint density at radius 1 is 1.56 bits per heavy atom. The first-order chi connectivity index (χ1) is 7.83. The highest BCUT2D eigenvalue weighted by molar-refractivity contribution is 7.07. The molecule has 0 aromatic carbocycles. The maximum absolute atomic E-state index is 9.06. The van der Waals surface area contributed by atoms with Crippen molar-refractivity contribution in [3.8, 4) is 0 Å². The number of nitrogens with two attached hydrogens (primary N) is 1. The molecule has 1 aromatic heterocycles. The van der Waals surface area contributed by atoms with E-state index in [4.69, 9.17) is 15.6 Å². The molecule has 4 nitrogen and oxygen atoms in total. The topological polar surface area (TPSA) is 58.7 Å². The van der Waals surface area contributed by atoms with Crippen LogP contribution < -0.4 is 5.73 Å². The Kier molecular flexibility index (Phi) is 6.59. The van der Waals surface area contributed by atoms with E-state index in [2.05, 4.69) is 16.3 Å². The van der Waals surface area contributed by atoms with Crippen molar-refractivity contribution in [1.82, 2.24) is 4.90 Å². The molecule has 3 N–H and O–H groups in total. The Balaban J connectivity index is 2.65. The Morgan fingerprint density at radius 3 is 2.88 bits per heavy atom. The molecule has 0 aliphatic rings. The molecule has 16 heavy (non-hydrogen) atoms. The first-order valence-corrected chi connectivity index (χ1v) is 6.33. The first kappa shape index (κ1) is 13.6. The number of ether oxygens (including phenoxy) is 1. The van der Waals surface area contributed by atoms with Crippen LogP contribution in [0.4, 0.5) is 0 Å². The lowest BCUT2D eigenvalue weighted by molar-refractivity contribution is 0.103. The van der Waals surface area contributed by atoms with Gasteiger partial charge in [-0.2, -0.15) is 11.3 Å². The zero-order valence-electron chi connectivity index (χ0n) is 9.63. The Labute approximate surface area is 101 Å². The van der Waals surface area contributed by atoms with E-state index in [0.717, 1.165) is 6.54 Å². The van der Waals surface area contributed by atoms with Gasteiger partial charge in [0.05, 0.1) is 13.2 Å². The summed E-state index contributed by atoms with van der Waals surface area (Å²) >= 11 is 1.67. The number of thiophene rings is 1. The molecule has 1 atom stereocenters. The van der Waals surface area contributed by atoms with Crippen LogP contribution in [-0.2, 0) is 4.74 Å². The lowest BCUT2D eigenvalue weighted by Gasteiger charge is -2.29. The maximum atomic E-state index is 9.06. The van der Waals surface area contributed by atoms with Crippen molar-refractivity contribution >= 4 is 11.3 Å². The summed E-state index contributed by atoms with van der Waals surface area (Å²) in [6.07, 6.45) is 0. The molecule has 92 valence electrons. The second-order valence-corrected chi connectivity index (χ2v) is 4.34. The third kappa shape index (κ3) is 3.84. The smallest absolute Gasteiger partial charge is 0.0589 e. The summed E-state index contributed by atoms with van der Waals surface area (Å²) in [6, 6.07) is 2.26. The number of rotatable bonds is 8. The number of methoxy groups -OCH3 is 1. The van der Waals surface area contributed by atoms with Crippen LogP contribution in [0.2, 0.25) is 0 Å². The molecule has 0 amide bonds. The van der Waals surface area contributed by atoms with Crippen molar-refractivity contribution in [3.05, 3.63) is 22.4 Å². The molecule has 0 saturated heterocycles. The minimum Gasteiger partial charge on any atom is -0.395 e. The van der Waals surface area contributed by atoms with Gasteiger partial charge in [-0.05, 0) is 22.4 Å². The third-order valence-corrected chi connectivity index (χ3v) is 3.26. The highest BCUT2D eigenvalue weighted by Gasteiger charge is 2.18. The molecule has 1 rings (SSSR count). The number of aliphatic hydroxyl groups is 1. The normalized spacial score (nSPS) is 13.2. The van der Waals surface area contributed by atoms with Gasteiger partial charge in [0, 0.05) is 32.8 Å². The van der Waals surface area contributed by atoms with Crippen molar-refractivity contribution in [3.63, 3.8) is 0 Å². The predicted octanol–water partition coefficient (Wildman–Crippen LogP) is 0.689. The molecular weight excluding hydrogens is 224 g/mol. The van der Waals surface area contributed by atoms with Gasteiger partial charge in [0.2, 0.25) is 0 Å². The van der Waals surface area contributed by atoms with E-state index in [1.54, 1.807) is 18.4 Å². The first-order valence-electron chi connectivity index (χ1n) is 5.39. The van der Waals surface area contributed by atoms with Gasteiger partial charge < -0.3 is 15.6 Å². The Bertz CT molecular complexity index is 267. The average Bonchev–Trinajstić information content (AvgIpc) is 2.80. The SMILES string of the molecule is COCCN(CCO)C(CN)c1ccsc1. The Morgan fingerprint density at radius 2 is 2.38 bits per heavy atom. The molecule has 1 aromatic rings. The van der Waals surface area contributed by atoms with Gasteiger partial charge in [0.25, 0.3) is 0 Å². The molecule has 0 fully saturated rings. The Hall–Kier alpha value is -0.460. The minimum atomic E-state index is 0.143. The summed E-state index contributed by atoms with van der Waals surface area (Å²) < 4.78 is 5.07. The molecule has 0 aliphatic heterocycles. The van der Waals surface area contributed by atoms with Gasteiger partial charge in [-0.1, -0.05) is 0 Å². The summed E-state index contributed by atoms with van der Waals surface area (Å²) in [5, 5.41) is 13.2. The lowest BCUT2D eigenvalue weighted by atomic mass is 10.1. The van der Waals surface area contributed by atoms with E-state index < -0.39 is 0 Å². The fourth-order valence-electron chi connectivity index (χ4n) is 1.72. The summed E-state index contributed by atoms with van der Waals surface area (Å²) in [5.41, 5.74) is 7.03. The number of hydrogen-bond acceptors (Lipinski definition) is 5. The average molecular weight is 244 g/mol. The summed E-state index contributed by atoms with van der Waals surface area (Å²) in [6.45, 7) is 2.77. The third-order valence-electron chi connectivity index (χ3n) is 2.56. The highest BCUT2D eigenvalue weighted by atomic mass is 32.1. The second-order valence-electron chi connectivity index (χ2n) is 3.56. The number of aliphatic hydroxyl groups excluding tert-OH is 1. The van der Waals surface area contributed by atoms with Crippen LogP contribution in [0.25, 0.3) is 0 Å². The fraction of sp³-hybridized carbons (Fsp3) is 0.636. The predicted molar refractivity (Wildman–Crippen MR) is 66.6 cm³/mol. The second kappa shape index (κ2) is 7.76. The van der Waals surface area contributed by atoms with Crippen LogP contribution in [0, 0.1) is 0 Å². The van der Waals surface area contributed by atoms with Crippen LogP contribution in [0.3, 0.4) is 0 Å². The molecule has 0 bridgehead atoms. The van der Waals surface area contributed by atoms with Crippen molar-refractivity contribution < 1.29 is 9.84 Å². The van der Waals surface area contributed by atoms with Crippen LogP contribution in [0.5, 0.6) is 0 Å². The zero-order valence-corrected chi connectivity index (χ0v) is 10.4. The van der Waals surface area contributed by atoms with Crippen LogP contribution >= 0.6 is 11.3 Å². The van der Waals surface area contributed by atoms with Crippen molar-refractivity contribution in [2.75, 3.05) is 40.0 Å². The molecule has 5 heteroatoms.